The number of hydrogen-bond donors (Lipinski definition) is 0. The zero-order chi connectivity index (χ0) is 9.98. The topological polar surface area (TPSA) is 34.1 Å². The summed E-state index contributed by atoms with van der Waals surface area (Å²) >= 11 is 0. The van der Waals surface area contributed by atoms with Crippen LogP contribution < -0.4 is 0 Å². The first-order valence-electron chi connectivity index (χ1n) is 4.00. The molecule has 2 nitrogen and oxygen atoms in total. The van der Waals surface area contributed by atoms with Gasteiger partial charge in [0.15, 0.2) is 11.6 Å². The quantitative estimate of drug-likeness (QED) is 0.544. The van der Waals surface area contributed by atoms with Crippen molar-refractivity contribution in [2.45, 2.75) is 33.5 Å². The van der Waals surface area contributed by atoms with E-state index in [2.05, 4.69) is 0 Å². The Morgan fingerprint density at radius 3 is 1.77 bits per heavy atom. The molecule has 5 radical (unpaired) electrons. The van der Waals surface area contributed by atoms with Crippen LogP contribution >= 0.6 is 0 Å². The summed E-state index contributed by atoms with van der Waals surface area (Å²) in [6.07, 6.45) is 1.37. The molecule has 13 heavy (non-hydrogen) atoms. The molecule has 0 N–H and O–H groups in total. The number of Topliss-reactive ketones (excluding diaryl/α,β-unsaturated/α-hetero) is 2. The van der Waals surface area contributed by atoms with Gasteiger partial charge < -0.3 is 0 Å². The largest absolute Gasteiger partial charge is 0.291 e. The third-order valence-corrected chi connectivity index (χ3v) is 1.09. The monoisotopic (exact) mass is 265 g/mol. The summed E-state index contributed by atoms with van der Waals surface area (Å²) < 4.78 is 0. The molecule has 0 saturated heterocycles. The van der Waals surface area contributed by atoms with Crippen LogP contribution in [0.3, 0.4) is 0 Å². The Morgan fingerprint density at radius 2 is 1.77 bits per heavy atom. The normalized spacial score (nSPS) is 7.00. The number of rotatable bonds is 4. The van der Waals surface area contributed by atoms with E-state index in [1.807, 2.05) is 14.1 Å². The van der Waals surface area contributed by atoms with Crippen molar-refractivity contribution in [2.75, 3.05) is 0 Å². The zero-order valence-electron chi connectivity index (χ0n) is 8.30. The molecule has 0 atom stereocenters. The molecule has 0 unspecified atom stereocenters. The van der Waals surface area contributed by atoms with E-state index in [9.17, 15) is 9.59 Å². The number of carbonyl (C=O) groups excluding carboxylic acids is 2. The van der Waals surface area contributed by atoms with Crippen molar-refractivity contribution in [3.05, 3.63) is 0 Å². The molecule has 0 aromatic carbocycles. The maximum Gasteiger partial charge on any atom is 0.197 e. The van der Waals surface area contributed by atoms with E-state index in [1.54, 1.807) is 14.0 Å². The Labute approximate surface area is 96.2 Å². The second kappa shape index (κ2) is 14.7. The van der Waals surface area contributed by atoms with E-state index in [0.29, 0.717) is 6.42 Å². The maximum atomic E-state index is 10.2. The fraction of sp³-hybridized carbons (Fsp3) is 0.714. The van der Waals surface area contributed by atoms with Gasteiger partial charge in [0.25, 0.3) is 0 Å². The molecule has 0 saturated carbocycles. The molecule has 6 heteroatoms. The molecule has 0 amide bonds. The van der Waals surface area contributed by atoms with Crippen molar-refractivity contribution < 1.29 is 29.1 Å². The molecule has 0 aliphatic rings. The van der Waals surface area contributed by atoms with Crippen molar-refractivity contribution >= 4 is 33.5 Å². The molecule has 0 bridgehead atoms. The van der Waals surface area contributed by atoms with Crippen LogP contribution in [0.2, 0.25) is 6.32 Å². The fourth-order valence-electron chi connectivity index (χ4n) is 0.385. The van der Waals surface area contributed by atoms with Gasteiger partial charge in [-0.1, -0.05) is 20.2 Å². The molecule has 0 fully saturated rings. The van der Waals surface area contributed by atoms with Gasteiger partial charge in [-0.2, -0.15) is 0 Å². The predicted octanol–water partition coefficient (Wildman–Crippen LogP) is 0.383. The predicted molar refractivity (Wildman–Crippen MR) is 53.7 cm³/mol. The van der Waals surface area contributed by atoms with E-state index < -0.39 is 0 Å². The summed E-state index contributed by atoms with van der Waals surface area (Å²) in [4.78, 5) is 20.2. The van der Waals surface area contributed by atoms with Crippen molar-refractivity contribution in [3.63, 3.8) is 0 Å². The van der Waals surface area contributed by atoms with E-state index in [-0.39, 0.29) is 31.0 Å². The summed E-state index contributed by atoms with van der Waals surface area (Å²) in [5.41, 5.74) is 0. The minimum absolute atomic E-state index is 0. The van der Waals surface area contributed by atoms with Crippen LogP contribution in [0.25, 0.3) is 0 Å². The molecule has 0 aliphatic carbocycles. The fourth-order valence-corrected chi connectivity index (χ4v) is 0.385. The second-order valence-corrected chi connectivity index (χ2v) is 2.17. The van der Waals surface area contributed by atoms with Gasteiger partial charge >= 0.3 is 0 Å². The van der Waals surface area contributed by atoms with Gasteiger partial charge in [0.2, 0.25) is 0 Å². The zero-order valence-corrected chi connectivity index (χ0v) is 9.93. The van der Waals surface area contributed by atoms with Crippen molar-refractivity contribution in [1.82, 2.24) is 0 Å². The molecule has 0 aromatic rings. The molecule has 0 spiro atoms. The first-order valence-corrected chi connectivity index (χ1v) is 4.00. The summed E-state index contributed by atoms with van der Waals surface area (Å²) in [6.45, 7) is 5.00. The summed E-state index contributed by atoms with van der Waals surface area (Å²) in [6, 6.07) is 0. The smallest absolute Gasteiger partial charge is 0.197 e. The van der Waals surface area contributed by atoms with Crippen LogP contribution in [-0.2, 0) is 29.1 Å². The average Bonchev–Trinajstić information content (AvgIpc) is 2.05. The molecule has 71 valence electrons. The molecular weight excluding hydrogens is 251 g/mol. The summed E-state index contributed by atoms with van der Waals surface area (Å²) in [5.74, 6) is -0.637. The SMILES string of the molecule is CCC(=O)C(C)=O.[B][B][B]CC.[Rh]. The van der Waals surface area contributed by atoms with Crippen LogP contribution in [0.1, 0.15) is 27.2 Å². The first-order chi connectivity index (χ1) is 5.59. The molecule has 0 rings (SSSR count). The molecule has 0 heterocycles. The Hall–Kier alpha value is 0.158. The van der Waals surface area contributed by atoms with E-state index in [1.165, 1.54) is 6.92 Å². The number of hydrogen-bond acceptors (Lipinski definition) is 2. The van der Waals surface area contributed by atoms with Crippen LogP contribution in [0, 0.1) is 0 Å². The van der Waals surface area contributed by atoms with Gasteiger partial charge in [0, 0.05) is 47.6 Å². The number of ketones is 2. The van der Waals surface area contributed by atoms with Gasteiger partial charge in [0.1, 0.15) is 0 Å². The van der Waals surface area contributed by atoms with Gasteiger partial charge in [-0.3, -0.25) is 9.59 Å². The standard InChI is InChI=1S/C5H8O2.C2H5B3.Rh/c1-3-5(7)4(2)6;1-2-4-5-3;/h3H2,1-2H3;2H2,1H3;. The Morgan fingerprint density at radius 1 is 1.31 bits per heavy atom. The second-order valence-electron chi connectivity index (χ2n) is 2.17. The van der Waals surface area contributed by atoms with Crippen LogP contribution in [0.5, 0.6) is 0 Å². The van der Waals surface area contributed by atoms with E-state index >= 15 is 0 Å². The molecule has 0 aromatic heterocycles. The molecule has 0 aliphatic heterocycles. The van der Waals surface area contributed by atoms with Crippen molar-refractivity contribution in [2.24, 2.45) is 0 Å². The third kappa shape index (κ3) is 18.9. The molecular formula is C7H13B3O2Rh. The summed E-state index contributed by atoms with van der Waals surface area (Å²) in [5, 5.41) is 0. The Balaban J connectivity index is -0.000000150. The Kier molecular flexibility index (Phi) is 21.3. The average molecular weight is 265 g/mol. The van der Waals surface area contributed by atoms with E-state index in [0.717, 1.165) is 6.32 Å². The van der Waals surface area contributed by atoms with Crippen LogP contribution in [0.15, 0.2) is 0 Å². The minimum Gasteiger partial charge on any atom is -0.291 e. The van der Waals surface area contributed by atoms with Gasteiger partial charge in [0.05, 0.1) is 7.17 Å². The van der Waals surface area contributed by atoms with Gasteiger partial charge in [-0.05, 0) is 0 Å². The minimum atomic E-state index is -0.345. The number of carbonyl (C=O) groups is 2. The van der Waals surface area contributed by atoms with Gasteiger partial charge in [-0.25, -0.2) is 0 Å². The maximum absolute atomic E-state index is 10.2. The summed E-state index contributed by atoms with van der Waals surface area (Å²) in [7, 11) is 8.42. The van der Waals surface area contributed by atoms with Crippen LogP contribution in [0.4, 0.5) is 0 Å². The third-order valence-electron chi connectivity index (χ3n) is 1.09. The first kappa shape index (κ1) is 18.8. The van der Waals surface area contributed by atoms with Crippen molar-refractivity contribution in [1.29, 1.82) is 0 Å². The van der Waals surface area contributed by atoms with Crippen LogP contribution in [-0.4, -0.2) is 33.5 Å². The Bertz CT molecular complexity index is 140. The van der Waals surface area contributed by atoms with Crippen molar-refractivity contribution in [3.8, 4) is 0 Å². The van der Waals surface area contributed by atoms with Gasteiger partial charge in [-0.15, -0.1) is 0 Å². The van der Waals surface area contributed by atoms with E-state index in [4.69, 9.17) is 7.74 Å².